The van der Waals surface area contributed by atoms with E-state index >= 15 is 0 Å². The van der Waals surface area contributed by atoms with Gasteiger partial charge in [0.2, 0.25) is 0 Å². The minimum absolute atomic E-state index is 0.184. The Hall–Kier alpha value is -1.37. The van der Waals surface area contributed by atoms with Gasteiger partial charge in [0.25, 0.3) is 0 Å². The molecule has 0 aromatic carbocycles. The van der Waals surface area contributed by atoms with Gasteiger partial charge in [-0.2, -0.15) is 0 Å². The Morgan fingerprint density at radius 3 is 2.63 bits per heavy atom. The second-order valence-electron chi connectivity index (χ2n) is 4.37. The number of thiophene rings is 2. The summed E-state index contributed by atoms with van der Waals surface area (Å²) in [5.41, 5.74) is -1.03. The van der Waals surface area contributed by atoms with Crippen molar-refractivity contribution < 1.29 is 9.90 Å². The summed E-state index contributed by atoms with van der Waals surface area (Å²) >= 11 is 3.07. The molecule has 0 aliphatic carbocycles. The third-order valence-electron chi connectivity index (χ3n) is 2.65. The van der Waals surface area contributed by atoms with Crippen molar-refractivity contribution in [2.24, 2.45) is 0 Å². The molecule has 0 aliphatic heterocycles. The molecule has 2 amide bonds. The van der Waals surface area contributed by atoms with Crippen LogP contribution >= 0.6 is 22.7 Å². The molecule has 102 valence electrons. The molecule has 0 aliphatic rings. The molecule has 4 nitrogen and oxygen atoms in total. The van der Waals surface area contributed by atoms with Gasteiger partial charge in [0.1, 0.15) is 5.60 Å². The Bertz CT molecular complexity index is 507. The fraction of sp³-hybridized carbons (Fsp3) is 0.308. The number of rotatable bonds is 5. The van der Waals surface area contributed by atoms with Gasteiger partial charge in [-0.05, 0) is 29.8 Å². The molecule has 0 bridgehead atoms. The van der Waals surface area contributed by atoms with Crippen molar-refractivity contribution in [2.75, 3.05) is 6.54 Å². The van der Waals surface area contributed by atoms with E-state index in [2.05, 4.69) is 10.6 Å². The van der Waals surface area contributed by atoms with Gasteiger partial charge in [-0.25, -0.2) is 4.79 Å². The average Bonchev–Trinajstić information content (AvgIpc) is 3.06. The Labute approximate surface area is 120 Å². The fourth-order valence-corrected chi connectivity index (χ4v) is 3.00. The minimum Gasteiger partial charge on any atom is -0.383 e. The van der Waals surface area contributed by atoms with Crippen LogP contribution in [0.1, 0.15) is 16.7 Å². The predicted molar refractivity (Wildman–Crippen MR) is 78.4 cm³/mol. The van der Waals surface area contributed by atoms with Crippen LogP contribution in [0.5, 0.6) is 0 Å². The summed E-state index contributed by atoms with van der Waals surface area (Å²) in [5.74, 6) is 0. The molecule has 0 spiro atoms. The highest BCUT2D eigenvalue weighted by molar-refractivity contribution is 7.10. The zero-order valence-electron chi connectivity index (χ0n) is 10.6. The first kappa shape index (κ1) is 14.0. The van der Waals surface area contributed by atoms with Crippen molar-refractivity contribution in [1.29, 1.82) is 0 Å². The summed E-state index contributed by atoms with van der Waals surface area (Å²) in [4.78, 5) is 13.6. The lowest BCUT2D eigenvalue weighted by atomic mass is 10.1. The van der Waals surface area contributed by atoms with Gasteiger partial charge in [-0.3, -0.25) is 0 Å². The third kappa shape index (κ3) is 4.05. The van der Waals surface area contributed by atoms with E-state index in [1.165, 1.54) is 11.3 Å². The van der Waals surface area contributed by atoms with Crippen LogP contribution in [0.25, 0.3) is 0 Å². The zero-order valence-corrected chi connectivity index (χ0v) is 12.2. The monoisotopic (exact) mass is 296 g/mol. The quantitative estimate of drug-likeness (QED) is 0.794. The number of nitrogens with one attached hydrogen (secondary N) is 2. The van der Waals surface area contributed by atoms with Crippen LogP contribution in [-0.4, -0.2) is 17.7 Å². The van der Waals surface area contributed by atoms with Crippen LogP contribution in [0.15, 0.2) is 35.0 Å². The fourth-order valence-electron chi connectivity index (χ4n) is 1.57. The van der Waals surface area contributed by atoms with E-state index in [1.54, 1.807) is 18.3 Å². The Kier molecular flexibility index (Phi) is 4.57. The first-order valence-electron chi connectivity index (χ1n) is 5.88. The van der Waals surface area contributed by atoms with Crippen molar-refractivity contribution in [3.63, 3.8) is 0 Å². The number of amides is 2. The molecule has 0 fully saturated rings. The summed E-state index contributed by atoms with van der Waals surface area (Å²) in [6.07, 6.45) is 0. The molecule has 6 heteroatoms. The van der Waals surface area contributed by atoms with Gasteiger partial charge in [-0.15, -0.1) is 22.7 Å². The molecular weight excluding hydrogens is 280 g/mol. The number of carbonyl (C=O) groups excluding carboxylic acids is 1. The maximum atomic E-state index is 11.6. The van der Waals surface area contributed by atoms with Gasteiger partial charge >= 0.3 is 6.03 Å². The van der Waals surface area contributed by atoms with E-state index in [1.807, 2.05) is 35.0 Å². The summed E-state index contributed by atoms with van der Waals surface area (Å²) in [6, 6.07) is 7.38. The SMILES string of the molecule is C[C@](O)(CNC(=O)NCc1cccs1)c1cccs1. The number of hydrogen-bond donors (Lipinski definition) is 3. The molecule has 19 heavy (non-hydrogen) atoms. The minimum atomic E-state index is -1.03. The first-order valence-corrected chi connectivity index (χ1v) is 7.64. The highest BCUT2D eigenvalue weighted by atomic mass is 32.1. The second-order valence-corrected chi connectivity index (χ2v) is 6.35. The number of aliphatic hydroxyl groups is 1. The summed E-state index contributed by atoms with van der Waals surface area (Å²) in [7, 11) is 0. The maximum absolute atomic E-state index is 11.6. The topological polar surface area (TPSA) is 61.4 Å². The van der Waals surface area contributed by atoms with Crippen molar-refractivity contribution in [3.05, 3.63) is 44.8 Å². The highest BCUT2D eigenvalue weighted by Gasteiger charge is 2.24. The maximum Gasteiger partial charge on any atom is 0.315 e. The van der Waals surface area contributed by atoms with E-state index in [9.17, 15) is 9.90 Å². The van der Waals surface area contributed by atoms with Gasteiger partial charge in [0.15, 0.2) is 0 Å². The Morgan fingerprint density at radius 1 is 1.26 bits per heavy atom. The first-order chi connectivity index (χ1) is 9.08. The smallest absolute Gasteiger partial charge is 0.315 e. The third-order valence-corrected chi connectivity index (χ3v) is 4.65. The molecule has 0 saturated carbocycles. The molecular formula is C13H16N2O2S2. The van der Waals surface area contributed by atoms with E-state index in [-0.39, 0.29) is 12.6 Å². The lowest BCUT2D eigenvalue weighted by Crippen LogP contribution is -2.42. The summed E-state index contributed by atoms with van der Waals surface area (Å²) in [6.45, 7) is 2.38. The Morgan fingerprint density at radius 2 is 2.00 bits per heavy atom. The normalized spacial score (nSPS) is 13.8. The van der Waals surface area contributed by atoms with Crippen molar-refractivity contribution >= 4 is 28.7 Å². The lowest BCUT2D eigenvalue weighted by Gasteiger charge is -2.22. The second kappa shape index (κ2) is 6.18. The summed E-state index contributed by atoms with van der Waals surface area (Å²) < 4.78 is 0. The van der Waals surface area contributed by atoms with Crippen LogP contribution in [0.2, 0.25) is 0 Å². The zero-order chi connectivity index (χ0) is 13.7. The van der Waals surface area contributed by atoms with Crippen LogP contribution in [-0.2, 0) is 12.1 Å². The van der Waals surface area contributed by atoms with Gasteiger partial charge in [0.05, 0.1) is 13.1 Å². The molecule has 2 rings (SSSR count). The van der Waals surface area contributed by atoms with Crippen molar-refractivity contribution in [1.82, 2.24) is 10.6 Å². The molecule has 0 unspecified atom stereocenters. The molecule has 1 atom stereocenters. The van der Waals surface area contributed by atoms with Crippen LogP contribution in [0.4, 0.5) is 4.79 Å². The van der Waals surface area contributed by atoms with Gasteiger partial charge in [-0.1, -0.05) is 12.1 Å². The van der Waals surface area contributed by atoms with Crippen molar-refractivity contribution in [2.45, 2.75) is 19.1 Å². The Balaban J connectivity index is 1.77. The predicted octanol–water partition coefficient (Wildman–Crippen LogP) is 2.52. The van der Waals surface area contributed by atoms with Gasteiger partial charge < -0.3 is 15.7 Å². The number of urea groups is 1. The van der Waals surface area contributed by atoms with Crippen LogP contribution in [0, 0.1) is 0 Å². The molecule has 3 N–H and O–H groups in total. The molecule has 0 saturated heterocycles. The van der Waals surface area contributed by atoms with E-state index in [0.717, 1.165) is 9.75 Å². The largest absolute Gasteiger partial charge is 0.383 e. The van der Waals surface area contributed by atoms with E-state index in [0.29, 0.717) is 6.54 Å². The highest BCUT2D eigenvalue weighted by Crippen LogP contribution is 2.24. The van der Waals surface area contributed by atoms with Crippen LogP contribution in [0.3, 0.4) is 0 Å². The van der Waals surface area contributed by atoms with Crippen LogP contribution < -0.4 is 10.6 Å². The van der Waals surface area contributed by atoms with Gasteiger partial charge in [0, 0.05) is 9.75 Å². The lowest BCUT2D eigenvalue weighted by molar-refractivity contribution is 0.0631. The average molecular weight is 296 g/mol. The number of carbonyl (C=O) groups is 1. The van der Waals surface area contributed by atoms with Crippen molar-refractivity contribution in [3.8, 4) is 0 Å². The standard InChI is InChI=1S/C13H16N2O2S2/c1-13(17,11-5-3-7-19-11)9-15-12(16)14-8-10-4-2-6-18-10/h2-7,17H,8-9H2,1H3,(H2,14,15,16)/t13-/m0/s1. The van der Waals surface area contributed by atoms with E-state index in [4.69, 9.17) is 0 Å². The summed E-state index contributed by atoms with van der Waals surface area (Å²) in [5, 5.41) is 19.6. The molecule has 2 aromatic heterocycles. The van der Waals surface area contributed by atoms with E-state index < -0.39 is 5.60 Å². The number of hydrogen-bond acceptors (Lipinski definition) is 4. The molecule has 0 radical (unpaired) electrons. The molecule has 2 aromatic rings. The molecule has 2 heterocycles.